The molecule has 1 rings (SSSR count). The first kappa shape index (κ1) is 19.1. The summed E-state index contributed by atoms with van der Waals surface area (Å²) in [4.78, 5) is 46.7. The molecule has 0 spiro atoms. The Labute approximate surface area is 140 Å². The second kappa shape index (κ2) is 8.66. The maximum Gasteiger partial charge on any atom is 0.327 e. The number of carbonyl (C=O) groups is 4. The number of hydrazine groups is 1. The van der Waals surface area contributed by atoms with E-state index in [1.54, 1.807) is 32.0 Å². The molecule has 130 valence electrons. The van der Waals surface area contributed by atoms with Gasteiger partial charge in [-0.1, -0.05) is 17.7 Å². The number of rotatable bonds is 4. The molecule has 24 heavy (non-hydrogen) atoms. The van der Waals surface area contributed by atoms with Crippen LogP contribution in [0.4, 0.5) is 0 Å². The van der Waals surface area contributed by atoms with Crippen LogP contribution in [0.1, 0.15) is 36.7 Å². The summed E-state index contributed by atoms with van der Waals surface area (Å²) >= 11 is 0. The SMILES string of the molecule is Cc1cccc(C(=O)N[C@@H](C)C(=O)NNC(=O)C(=O)NC(C)C)c1. The van der Waals surface area contributed by atoms with Crippen molar-refractivity contribution in [3.05, 3.63) is 35.4 Å². The van der Waals surface area contributed by atoms with Gasteiger partial charge in [0.1, 0.15) is 6.04 Å². The molecule has 0 heterocycles. The van der Waals surface area contributed by atoms with E-state index < -0.39 is 29.7 Å². The molecule has 0 bridgehead atoms. The normalized spacial score (nSPS) is 11.4. The molecule has 8 nitrogen and oxygen atoms in total. The summed E-state index contributed by atoms with van der Waals surface area (Å²) in [6.07, 6.45) is 0. The summed E-state index contributed by atoms with van der Waals surface area (Å²) in [5.74, 6) is -2.91. The van der Waals surface area contributed by atoms with E-state index in [4.69, 9.17) is 0 Å². The third kappa shape index (κ3) is 6.07. The highest BCUT2D eigenvalue weighted by atomic mass is 16.2. The van der Waals surface area contributed by atoms with Crippen LogP contribution in [-0.4, -0.2) is 35.7 Å². The van der Waals surface area contributed by atoms with E-state index in [1.807, 2.05) is 18.4 Å². The molecule has 1 aromatic rings. The molecule has 1 aromatic carbocycles. The van der Waals surface area contributed by atoms with Crippen molar-refractivity contribution in [2.45, 2.75) is 39.8 Å². The number of carbonyl (C=O) groups excluding carboxylic acids is 4. The van der Waals surface area contributed by atoms with Gasteiger partial charge in [0.15, 0.2) is 0 Å². The van der Waals surface area contributed by atoms with Crippen LogP contribution in [0.3, 0.4) is 0 Å². The first-order valence-corrected chi connectivity index (χ1v) is 7.49. The third-order valence-electron chi connectivity index (χ3n) is 2.95. The highest BCUT2D eigenvalue weighted by molar-refractivity contribution is 6.35. The van der Waals surface area contributed by atoms with Gasteiger partial charge in [-0.15, -0.1) is 0 Å². The van der Waals surface area contributed by atoms with Crippen LogP contribution < -0.4 is 21.5 Å². The number of amides is 4. The Morgan fingerprint density at radius 1 is 0.917 bits per heavy atom. The van der Waals surface area contributed by atoms with Gasteiger partial charge < -0.3 is 10.6 Å². The van der Waals surface area contributed by atoms with Crippen molar-refractivity contribution >= 4 is 23.6 Å². The number of hydrogen-bond donors (Lipinski definition) is 4. The maximum absolute atomic E-state index is 12.0. The van der Waals surface area contributed by atoms with E-state index in [2.05, 4.69) is 16.1 Å². The highest BCUT2D eigenvalue weighted by Crippen LogP contribution is 2.03. The summed E-state index contributed by atoms with van der Waals surface area (Å²) in [5, 5.41) is 4.89. The van der Waals surface area contributed by atoms with E-state index in [0.29, 0.717) is 5.56 Å². The summed E-state index contributed by atoms with van der Waals surface area (Å²) in [7, 11) is 0. The molecule has 4 N–H and O–H groups in total. The van der Waals surface area contributed by atoms with Gasteiger partial charge >= 0.3 is 11.8 Å². The zero-order valence-electron chi connectivity index (χ0n) is 14.1. The lowest BCUT2D eigenvalue weighted by atomic mass is 10.1. The highest BCUT2D eigenvalue weighted by Gasteiger charge is 2.19. The fourth-order valence-corrected chi connectivity index (χ4v) is 1.74. The molecule has 0 radical (unpaired) electrons. The second-order valence-electron chi connectivity index (χ2n) is 5.64. The fraction of sp³-hybridized carbons (Fsp3) is 0.375. The van der Waals surface area contributed by atoms with E-state index in [-0.39, 0.29) is 6.04 Å². The van der Waals surface area contributed by atoms with Crippen LogP contribution in [0, 0.1) is 6.92 Å². The van der Waals surface area contributed by atoms with E-state index in [9.17, 15) is 19.2 Å². The average Bonchev–Trinajstić information content (AvgIpc) is 2.51. The van der Waals surface area contributed by atoms with Gasteiger partial charge in [-0.05, 0) is 39.8 Å². The van der Waals surface area contributed by atoms with E-state index >= 15 is 0 Å². The average molecular weight is 334 g/mol. The molecule has 0 aromatic heterocycles. The number of aryl methyl sites for hydroxylation is 1. The standard InChI is InChI=1S/C16H22N4O4/c1-9(2)17-15(23)16(24)20-19-13(21)11(4)18-14(22)12-7-5-6-10(3)8-12/h5-9,11H,1-4H3,(H,17,23)(H,18,22)(H,19,21)(H,20,24)/t11-/m0/s1. The Morgan fingerprint density at radius 2 is 1.58 bits per heavy atom. The molecular formula is C16H22N4O4. The third-order valence-corrected chi connectivity index (χ3v) is 2.95. The monoisotopic (exact) mass is 334 g/mol. The minimum absolute atomic E-state index is 0.202. The van der Waals surface area contributed by atoms with Crippen LogP contribution in [0.2, 0.25) is 0 Å². The van der Waals surface area contributed by atoms with Gasteiger partial charge in [0.25, 0.3) is 11.8 Å². The first-order valence-electron chi connectivity index (χ1n) is 7.49. The van der Waals surface area contributed by atoms with Gasteiger partial charge in [0, 0.05) is 11.6 Å². The number of benzene rings is 1. The predicted molar refractivity (Wildman–Crippen MR) is 87.7 cm³/mol. The Bertz CT molecular complexity index is 643. The molecular weight excluding hydrogens is 312 g/mol. The molecule has 0 aliphatic heterocycles. The Kier molecular flexibility index (Phi) is 6.91. The molecule has 4 amide bonds. The van der Waals surface area contributed by atoms with Crippen molar-refractivity contribution in [3.63, 3.8) is 0 Å². The molecule has 8 heteroatoms. The van der Waals surface area contributed by atoms with Crippen LogP contribution in [0.15, 0.2) is 24.3 Å². The molecule has 1 atom stereocenters. The smallest absolute Gasteiger partial charge is 0.327 e. The minimum Gasteiger partial charge on any atom is -0.346 e. The van der Waals surface area contributed by atoms with Gasteiger partial charge in [0.05, 0.1) is 0 Å². The maximum atomic E-state index is 12.0. The van der Waals surface area contributed by atoms with Crippen LogP contribution in [-0.2, 0) is 14.4 Å². The van der Waals surface area contributed by atoms with Crippen molar-refractivity contribution in [1.82, 2.24) is 21.5 Å². The predicted octanol–water partition coefficient (Wildman–Crippen LogP) is -0.215. The van der Waals surface area contributed by atoms with Crippen LogP contribution in [0.5, 0.6) is 0 Å². The van der Waals surface area contributed by atoms with Crippen molar-refractivity contribution in [2.24, 2.45) is 0 Å². The molecule has 0 aliphatic carbocycles. The molecule has 0 unspecified atom stereocenters. The molecule has 0 saturated carbocycles. The van der Waals surface area contributed by atoms with Gasteiger partial charge in [-0.3, -0.25) is 30.0 Å². The van der Waals surface area contributed by atoms with Gasteiger partial charge in [0.2, 0.25) is 0 Å². The van der Waals surface area contributed by atoms with Crippen molar-refractivity contribution in [3.8, 4) is 0 Å². The van der Waals surface area contributed by atoms with E-state index in [1.165, 1.54) is 6.92 Å². The largest absolute Gasteiger partial charge is 0.346 e. The Balaban J connectivity index is 2.49. The lowest BCUT2D eigenvalue weighted by Crippen LogP contribution is -2.54. The zero-order chi connectivity index (χ0) is 18.3. The number of hydrogen-bond acceptors (Lipinski definition) is 4. The summed E-state index contributed by atoms with van der Waals surface area (Å²) in [6.45, 7) is 6.72. The molecule has 0 aliphatic rings. The quantitative estimate of drug-likeness (QED) is 0.450. The summed E-state index contributed by atoms with van der Waals surface area (Å²) in [6, 6.07) is 5.81. The Hall–Kier alpha value is -2.90. The lowest BCUT2D eigenvalue weighted by Gasteiger charge is -2.15. The molecule has 0 fully saturated rings. The fourth-order valence-electron chi connectivity index (χ4n) is 1.74. The van der Waals surface area contributed by atoms with Crippen molar-refractivity contribution in [2.75, 3.05) is 0 Å². The van der Waals surface area contributed by atoms with Crippen LogP contribution in [0.25, 0.3) is 0 Å². The van der Waals surface area contributed by atoms with Gasteiger partial charge in [-0.2, -0.15) is 0 Å². The first-order chi connectivity index (χ1) is 11.2. The zero-order valence-corrected chi connectivity index (χ0v) is 14.1. The van der Waals surface area contributed by atoms with Crippen molar-refractivity contribution < 1.29 is 19.2 Å². The van der Waals surface area contributed by atoms with E-state index in [0.717, 1.165) is 5.56 Å². The lowest BCUT2D eigenvalue weighted by molar-refractivity contribution is -0.141. The topological polar surface area (TPSA) is 116 Å². The second-order valence-corrected chi connectivity index (χ2v) is 5.64. The Morgan fingerprint density at radius 3 is 2.17 bits per heavy atom. The van der Waals surface area contributed by atoms with Crippen LogP contribution >= 0.6 is 0 Å². The van der Waals surface area contributed by atoms with Gasteiger partial charge in [-0.25, -0.2) is 0 Å². The number of nitrogens with one attached hydrogen (secondary N) is 4. The van der Waals surface area contributed by atoms with Crippen molar-refractivity contribution in [1.29, 1.82) is 0 Å². The summed E-state index contributed by atoms with van der Waals surface area (Å²) in [5.41, 5.74) is 5.42. The minimum atomic E-state index is -0.991. The molecule has 0 saturated heterocycles. The summed E-state index contributed by atoms with van der Waals surface area (Å²) < 4.78 is 0.